The van der Waals surface area contributed by atoms with Crippen molar-refractivity contribution in [2.45, 2.75) is 6.18 Å². The summed E-state index contributed by atoms with van der Waals surface area (Å²) in [5, 5.41) is 8.20. The third-order valence-corrected chi connectivity index (χ3v) is 4.38. The largest absolute Gasteiger partial charge is 0.416 e. The highest BCUT2D eigenvalue weighted by Gasteiger charge is 2.30. The topological polar surface area (TPSA) is 112 Å². The molecule has 0 aliphatic heterocycles. The minimum absolute atomic E-state index is 0.00159. The maximum atomic E-state index is 12.8. The predicted octanol–water partition coefficient (Wildman–Crippen LogP) is 4.72. The summed E-state index contributed by atoms with van der Waals surface area (Å²) in [6, 6.07) is 11.5. The number of alkyl halides is 3. The Morgan fingerprint density at radius 2 is 1.59 bits per heavy atom. The summed E-state index contributed by atoms with van der Waals surface area (Å²) >= 11 is 0. The van der Waals surface area contributed by atoms with Crippen molar-refractivity contribution >= 4 is 39.9 Å². The number of aromatic nitrogens is 3. The summed E-state index contributed by atoms with van der Waals surface area (Å²) in [7, 11) is 0. The molecule has 0 radical (unpaired) electrons. The fraction of sp³-hybridized carbons (Fsp3) is 0.0476. The third kappa shape index (κ3) is 4.67. The fourth-order valence-corrected chi connectivity index (χ4v) is 2.98. The summed E-state index contributed by atoms with van der Waals surface area (Å²) in [6.45, 7) is 0. The highest BCUT2D eigenvalue weighted by Crippen LogP contribution is 2.30. The maximum Gasteiger partial charge on any atom is 0.416 e. The molecule has 32 heavy (non-hydrogen) atoms. The molecule has 2 amide bonds. The zero-order valence-corrected chi connectivity index (χ0v) is 16.2. The molecule has 0 saturated carbocycles. The van der Waals surface area contributed by atoms with Crippen molar-refractivity contribution in [3.05, 3.63) is 82.9 Å². The Kier molecular flexibility index (Phi) is 5.46. The lowest BCUT2D eigenvalue weighted by Gasteiger charge is -2.12. The van der Waals surface area contributed by atoms with Crippen LogP contribution in [0.4, 0.5) is 40.8 Å². The third-order valence-electron chi connectivity index (χ3n) is 4.38. The van der Waals surface area contributed by atoms with Gasteiger partial charge in [-0.1, -0.05) is 12.1 Å². The number of halogens is 3. The maximum absolute atomic E-state index is 12.8. The lowest BCUT2D eigenvalue weighted by Crippen LogP contribution is -2.19. The molecule has 4 rings (SSSR count). The SMILES string of the molecule is O=C(Nc1cccc(Nc2ncnc3[nH]ccc(=O)c23)c1)Nc1cccc(C(F)(F)F)c1. The van der Waals surface area contributed by atoms with Crippen molar-refractivity contribution in [3.63, 3.8) is 0 Å². The Hall–Kier alpha value is -4.41. The molecular formula is C21H15F3N6O2. The van der Waals surface area contributed by atoms with E-state index in [0.717, 1.165) is 12.1 Å². The first kappa shape index (κ1) is 20.8. The van der Waals surface area contributed by atoms with Crippen LogP contribution in [0.1, 0.15) is 5.56 Å². The summed E-state index contributed by atoms with van der Waals surface area (Å²) in [5.74, 6) is 0.280. The van der Waals surface area contributed by atoms with Gasteiger partial charge >= 0.3 is 12.2 Å². The van der Waals surface area contributed by atoms with Crippen LogP contribution in [0.25, 0.3) is 11.0 Å². The molecule has 0 aliphatic rings. The van der Waals surface area contributed by atoms with Gasteiger partial charge < -0.3 is 20.9 Å². The molecule has 8 nitrogen and oxygen atoms in total. The first-order valence-corrected chi connectivity index (χ1v) is 9.24. The van der Waals surface area contributed by atoms with Gasteiger partial charge in [0.2, 0.25) is 0 Å². The van der Waals surface area contributed by atoms with Gasteiger partial charge in [0.1, 0.15) is 23.2 Å². The van der Waals surface area contributed by atoms with E-state index in [1.165, 1.54) is 30.7 Å². The van der Waals surface area contributed by atoms with Crippen LogP contribution in [0.5, 0.6) is 0 Å². The van der Waals surface area contributed by atoms with Gasteiger partial charge in [0.05, 0.1) is 5.56 Å². The van der Waals surface area contributed by atoms with E-state index in [9.17, 15) is 22.8 Å². The van der Waals surface area contributed by atoms with Crippen molar-refractivity contribution in [1.82, 2.24) is 15.0 Å². The number of hydrogen-bond acceptors (Lipinski definition) is 5. The second-order valence-corrected chi connectivity index (χ2v) is 6.65. The van der Waals surface area contributed by atoms with Crippen molar-refractivity contribution in [2.24, 2.45) is 0 Å². The van der Waals surface area contributed by atoms with Gasteiger partial charge in [-0.05, 0) is 36.4 Å². The predicted molar refractivity (Wildman–Crippen MR) is 114 cm³/mol. The number of hydrogen-bond donors (Lipinski definition) is 4. The van der Waals surface area contributed by atoms with Crippen molar-refractivity contribution < 1.29 is 18.0 Å². The number of fused-ring (bicyclic) bond motifs is 1. The molecular weight excluding hydrogens is 425 g/mol. The Balaban J connectivity index is 1.50. The summed E-state index contributed by atoms with van der Waals surface area (Å²) < 4.78 is 38.5. The Bertz CT molecular complexity index is 1350. The smallest absolute Gasteiger partial charge is 0.346 e. The summed E-state index contributed by atoms with van der Waals surface area (Å²) in [6.07, 6.45) is -1.73. The molecule has 0 unspecified atom stereocenters. The molecule has 4 N–H and O–H groups in total. The number of rotatable bonds is 4. The van der Waals surface area contributed by atoms with E-state index in [1.54, 1.807) is 24.3 Å². The van der Waals surface area contributed by atoms with Gasteiger partial charge in [0.15, 0.2) is 5.43 Å². The average Bonchev–Trinajstić information content (AvgIpc) is 2.74. The van der Waals surface area contributed by atoms with E-state index >= 15 is 0 Å². The van der Waals surface area contributed by atoms with Crippen LogP contribution in [-0.4, -0.2) is 21.0 Å². The number of benzene rings is 2. The number of aromatic amines is 1. The molecule has 0 spiro atoms. The van der Waals surface area contributed by atoms with Crippen molar-refractivity contribution in [1.29, 1.82) is 0 Å². The van der Waals surface area contributed by atoms with Gasteiger partial charge in [-0.2, -0.15) is 13.2 Å². The van der Waals surface area contributed by atoms with E-state index in [1.807, 2.05) is 0 Å². The number of pyridine rings is 1. The highest BCUT2D eigenvalue weighted by molar-refractivity contribution is 6.00. The lowest BCUT2D eigenvalue weighted by atomic mass is 10.2. The molecule has 0 aliphatic carbocycles. The standard InChI is InChI=1S/C21H15F3N6O2/c22-21(23,24)12-3-1-4-13(9-12)29-20(32)30-15-6-2-5-14(10-15)28-19-17-16(31)7-8-25-18(17)26-11-27-19/h1-11H,(H2,29,30,32)(H2,25,26,27,28,31). The molecule has 162 valence electrons. The van der Waals surface area contributed by atoms with Crippen LogP contribution in [0.3, 0.4) is 0 Å². The molecule has 0 fully saturated rings. The number of anilines is 4. The fourth-order valence-electron chi connectivity index (χ4n) is 2.98. The Morgan fingerprint density at radius 3 is 2.34 bits per heavy atom. The van der Waals surface area contributed by atoms with Crippen LogP contribution < -0.4 is 21.4 Å². The molecule has 2 aromatic carbocycles. The first-order chi connectivity index (χ1) is 15.3. The van der Waals surface area contributed by atoms with Crippen molar-refractivity contribution in [2.75, 3.05) is 16.0 Å². The lowest BCUT2D eigenvalue weighted by molar-refractivity contribution is -0.137. The number of carbonyl (C=O) groups is 1. The Morgan fingerprint density at radius 1 is 0.906 bits per heavy atom. The number of nitrogens with zero attached hydrogens (tertiary/aromatic N) is 2. The molecule has 0 saturated heterocycles. The first-order valence-electron chi connectivity index (χ1n) is 9.24. The van der Waals surface area contributed by atoms with Crippen LogP contribution in [0.2, 0.25) is 0 Å². The van der Waals surface area contributed by atoms with Gasteiger partial charge in [0.25, 0.3) is 0 Å². The number of H-pyrrole nitrogens is 1. The minimum atomic E-state index is -4.51. The molecule has 0 bridgehead atoms. The summed E-state index contributed by atoms with van der Waals surface area (Å²) in [4.78, 5) is 35.4. The van der Waals surface area contributed by atoms with E-state index in [4.69, 9.17) is 0 Å². The van der Waals surface area contributed by atoms with Gasteiger partial charge in [-0.15, -0.1) is 0 Å². The number of urea groups is 1. The number of carbonyl (C=O) groups excluding carboxylic acids is 1. The number of amides is 2. The van der Waals surface area contributed by atoms with E-state index < -0.39 is 17.8 Å². The van der Waals surface area contributed by atoms with E-state index in [2.05, 4.69) is 30.9 Å². The zero-order chi connectivity index (χ0) is 22.7. The van der Waals surface area contributed by atoms with Gasteiger partial charge in [-0.25, -0.2) is 14.8 Å². The summed E-state index contributed by atoms with van der Waals surface area (Å²) in [5.41, 5.74) is 0.116. The van der Waals surface area contributed by atoms with E-state index in [0.29, 0.717) is 17.0 Å². The minimum Gasteiger partial charge on any atom is -0.346 e. The van der Waals surface area contributed by atoms with Crippen LogP contribution in [0.15, 0.2) is 71.9 Å². The normalized spacial score (nSPS) is 11.2. The van der Waals surface area contributed by atoms with Crippen LogP contribution in [0, 0.1) is 0 Å². The quantitative estimate of drug-likeness (QED) is 0.367. The average molecular weight is 440 g/mol. The molecule has 11 heteroatoms. The molecule has 2 heterocycles. The van der Waals surface area contributed by atoms with Crippen molar-refractivity contribution in [3.8, 4) is 0 Å². The van der Waals surface area contributed by atoms with Gasteiger partial charge in [0, 0.05) is 29.3 Å². The Labute approximate surface area is 178 Å². The zero-order valence-electron chi connectivity index (χ0n) is 16.2. The van der Waals surface area contributed by atoms with Crippen LogP contribution in [-0.2, 0) is 6.18 Å². The monoisotopic (exact) mass is 440 g/mol. The molecule has 2 aromatic heterocycles. The second kappa shape index (κ2) is 8.38. The van der Waals surface area contributed by atoms with E-state index in [-0.39, 0.29) is 22.3 Å². The number of nitrogens with one attached hydrogen (secondary N) is 4. The molecule has 4 aromatic rings. The van der Waals surface area contributed by atoms with Gasteiger partial charge in [-0.3, -0.25) is 4.79 Å². The molecule has 0 atom stereocenters. The van der Waals surface area contributed by atoms with Crippen LogP contribution >= 0.6 is 0 Å². The highest BCUT2D eigenvalue weighted by atomic mass is 19.4. The second-order valence-electron chi connectivity index (χ2n) is 6.65.